The molecule has 2 aromatic carbocycles. The first-order chi connectivity index (χ1) is 19.0. The SMILES string of the molecule is CC(C)(C)OC(=O)NCC(CO[Si](c1ccccc1)(c1ccccc1)C(C)(C)C)C[C@H](CO)NC(=O)OC(C)(C)C. The Hall–Kier alpha value is -2.88. The third-order valence-corrected chi connectivity index (χ3v) is 11.5. The molecule has 0 fully saturated rings. The molecule has 2 atom stereocenters. The van der Waals surface area contributed by atoms with Crippen molar-refractivity contribution in [1.29, 1.82) is 0 Å². The molecule has 2 rings (SSSR count). The molecule has 2 amide bonds. The van der Waals surface area contributed by atoms with Gasteiger partial charge in [0.25, 0.3) is 8.32 Å². The number of carbonyl (C=O) groups excluding carboxylic acids is 2. The quantitative estimate of drug-likeness (QED) is 0.321. The van der Waals surface area contributed by atoms with Gasteiger partial charge in [-0.25, -0.2) is 9.59 Å². The number of nitrogens with one attached hydrogen (secondary N) is 2. The van der Waals surface area contributed by atoms with E-state index in [4.69, 9.17) is 13.9 Å². The average molecular weight is 587 g/mol. The summed E-state index contributed by atoms with van der Waals surface area (Å²) in [5.74, 6) is -0.253. The number of carbonyl (C=O) groups is 2. The van der Waals surface area contributed by atoms with Crippen molar-refractivity contribution in [2.24, 2.45) is 5.92 Å². The van der Waals surface area contributed by atoms with E-state index in [1.165, 1.54) is 0 Å². The van der Waals surface area contributed by atoms with Crippen molar-refractivity contribution in [3.63, 3.8) is 0 Å². The van der Waals surface area contributed by atoms with Gasteiger partial charge in [-0.1, -0.05) is 81.4 Å². The molecule has 8 nitrogen and oxygen atoms in total. The lowest BCUT2D eigenvalue weighted by Crippen LogP contribution is -2.67. The first-order valence-electron chi connectivity index (χ1n) is 14.3. The van der Waals surface area contributed by atoms with Gasteiger partial charge in [0.05, 0.1) is 12.6 Å². The lowest BCUT2D eigenvalue weighted by Gasteiger charge is -2.44. The maximum atomic E-state index is 12.6. The van der Waals surface area contributed by atoms with Crippen LogP contribution in [0, 0.1) is 5.92 Å². The molecule has 0 aliphatic rings. The highest BCUT2D eigenvalue weighted by Crippen LogP contribution is 2.37. The minimum atomic E-state index is -2.85. The Morgan fingerprint density at radius 2 is 1.24 bits per heavy atom. The Morgan fingerprint density at radius 1 is 0.780 bits per heavy atom. The summed E-state index contributed by atoms with van der Waals surface area (Å²) >= 11 is 0. The number of benzene rings is 2. The molecule has 0 heterocycles. The predicted molar refractivity (Wildman–Crippen MR) is 166 cm³/mol. The smallest absolute Gasteiger partial charge is 0.407 e. The van der Waals surface area contributed by atoms with Crippen LogP contribution >= 0.6 is 0 Å². The predicted octanol–water partition coefficient (Wildman–Crippen LogP) is 4.98. The van der Waals surface area contributed by atoms with E-state index in [9.17, 15) is 14.7 Å². The monoisotopic (exact) mass is 586 g/mol. The van der Waals surface area contributed by atoms with E-state index in [-0.39, 0.29) is 30.7 Å². The summed E-state index contributed by atoms with van der Waals surface area (Å²) in [5.41, 5.74) is -1.31. The van der Waals surface area contributed by atoms with Gasteiger partial charge in [-0.2, -0.15) is 0 Å². The average Bonchev–Trinajstić information content (AvgIpc) is 2.85. The Labute approximate surface area is 247 Å². The third kappa shape index (κ3) is 10.8. The van der Waals surface area contributed by atoms with E-state index < -0.39 is 37.7 Å². The number of hydrogen-bond acceptors (Lipinski definition) is 6. The largest absolute Gasteiger partial charge is 0.444 e. The van der Waals surface area contributed by atoms with Gasteiger partial charge in [0.1, 0.15) is 11.2 Å². The van der Waals surface area contributed by atoms with Crippen LogP contribution in [-0.4, -0.2) is 62.6 Å². The van der Waals surface area contributed by atoms with E-state index in [0.717, 1.165) is 10.4 Å². The first-order valence-corrected chi connectivity index (χ1v) is 16.2. The molecule has 0 aliphatic heterocycles. The number of hydrogen-bond donors (Lipinski definition) is 3. The molecule has 41 heavy (non-hydrogen) atoms. The Bertz CT molecular complexity index is 1050. The summed E-state index contributed by atoms with van der Waals surface area (Å²) in [6.07, 6.45) is -0.791. The second kappa shape index (κ2) is 14.3. The van der Waals surface area contributed by atoms with Gasteiger partial charge < -0.3 is 29.6 Å². The first kappa shape index (κ1) is 34.3. The molecular formula is C32H50N2O6Si. The summed E-state index contributed by atoms with van der Waals surface area (Å²) in [6, 6.07) is 20.0. The van der Waals surface area contributed by atoms with Crippen LogP contribution in [0.1, 0.15) is 68.7 Å². The normalized spacial score (nSPS) is 14.1. The minimum Gasteiger partial charge on any atom is -0.444 e. The van der Waals surface area contributed by atoms with Crippen LogP contribution in [0.2, 0.25) is 5.04 Å². The van der Waals surface area contributed by atoms with Crippen molar-refractivity contribution in [3.8, 4) is 0 Å². The van der Waals surface area contributed by atoms with Gasteiger partial charge in [0.2, 0.25) is 0 Å². The highest BCUT2D eigenvalue weighted by atomic mass is 28.4. The molecule has 0 aliphatic carbocycles. The molecule has 0 spiro atoms. The molecule has 228 valence electrons. The Kier molecular flexibility index (Phi) is 12.0. The van der Waals surface area contributed by atoms with Gasteiger partial charge >= 0.3 is 12.2 Å². The van der Waals surface area contributed by atoms with Crippen molar-refractivity contribution in [1.82, 2.24) is 10.6 Å². The summed E-state index contributed by atoms with van der Waals surface area (Å²) in [4.78, 5) is 25.0. The maximum absolute atomic E-state index is 12.6. The van der Waals surface area contributed by atoms with E-state index in [1.807, 2.05) is 57.2 Å². The number of ether oxygens (including phenoxy) is 2. The van der Waals surface area contributed by atoms with Crippen LogP contribution in [0.15, 0.2) is 60.7 Å². The van der Waals surface area contributed by atoms with Crippen LogP contribution in [0.25, 0.3) is 0 Å². The number of amides is 2. The van der Waals surface area contributed by atoms with E-state index in [0.29, 0.717) is 6.42 Å². The fraction of sp³-hybridized carbons (Fsp3) is 0.562. The molecule has 9 heteroatoms. The molecule has 0 aromatic heterocycles. The zero-order chi connectivity index (χ0) is 30.9. The van der Waals surface area contributed by atoms with Crippen molar-refractivity contribution in [2.75, 3.05) is 19.8 Å². The standard InChI is InChI=1S/C32H50N2O6Si/c1-30(2,3)39-28(36)33-21-24(20-25(22-35)34-29(37)40-31(4,5)6)23-38-41(32(7,8)9,26-16-12-10-13-17-26)27-18-14-11-15-19-27/h10-19,24-25,35H,20-23H2,1-9H3,(H,33,36)(H,34,37)/t24?,25-/m1/s1. The third-order valence-electron chi connectivity index (χ3n) is 6.45. The van der Waals surface area contributed by atoms with E-state index >= 15 is 0 Å². The number of aliphatic hydroxyl groups excluding tert-OH is 1. The van der Waals surface area contributed by atoms with Crippen LogP contribution in [0.5, 0.6) is 0 Å². The lowest BCUT2D eigenvalue weighted by molar-refractivity contribution is 0.0446. The highest BCUT2D eigenvalue weighted by Gasteiger charge is 2.50. The van der Waals surface area contributed by atoms with Gasteiger partial charge in [-0.15, -0.1) is 0 Å². The fourth-order valence-electron chi connectivity index (χ4n) is 4.81. The lowest BCUT2D eigenvalue weighted by atomic mass is 10.0. The Morgan fingerprint density at radius 3 is 1.66 bits per heavy atom. The molecule has 0 saturated carbocycles. The van der Waals surface area contributed by atoms with Crippen LogP contribution in [0.4, 0.5) is 9.59 Å². The Balaban J connectivity index is 2.40. The van der Waals surface area contributed by atoms with Gasteiger partial charge in [-0.05, 0) is 63.4 Å². The second-order valence-corrected chi connectivity index (χ2v) is 17.8. The number of rotatable bonds is 11. The summed E-state index contributed by atoms with van der Waals surface area (Å²) in [7, 11) is -2.85. The summed E-state index contributed by atoms with van der Waals surface area (Å²) in [6.45, 7) is 17.6. The molecular weight excluding hydrogens is 536 g/mol. The molecule has 0 bridgehead atoms. The van der Waals surface area contributed by atoms with Crippen LogP contribution in [0.3, 0.4) is 0 Å². The van der Waals surface area contributed by atoms with E-state index in [1.54, 1.807) is 20.8 Å². The van der Waals surface area contributed by atoms with Gasteiger partial charge in [0, 0.05) is 19.1 Å². The molecule has 0 saturated heterocycles. The zero-order valence-corrected chi connectivity index (χ0v) is 27.2. The van der Waals surface area contributed by atoms with Gasteiger partial charge in [-0.3, -0.25) is 0 Å². The number of aliphatic hydroxyl groups is 1. The van der Waals surface area contributed by atoms with Crippen LogP contribution < -0.4 is 21.0 Å². The van der Waals surface area contributed by atoms with Crippen molar-refractivity contribution < 1.29 is 28.6 Å². The maximum Gasteiger partial charge on any atom is 0.407 e. The van der Waals surface area contributed by atoms with Crippen molar-refractivity contribution >= 4 is 30.9 Å². The summed E-state index contributed by atoms with van der Waals surface area (Å²) in [5, 5.41) is 17.8. The van der Waals surface area contributed by atoms with Crippen molar-refractivity contribution in [3.05, 3.63) is 60.7 Å². The zero-order valence-electron chi connectivity index (χ0n) is 26.2. The second-order valence-electron chi connectivity index (χ2n) is 13.5. The van der Waals surface area contributed by atoms with Gasteiger partial charge in [0.15, 0.2) is 0 Å². The molecule has 1 unspecified atom stereocenters. The molecule has 3 N–H and O–H groups in total. The highest BCUT2D eigenvalue weighted by molar-refractivity contribution is 6.99. The van der Waals surface area contributed by atoms with Crippen LogP contribution in [-0.2, 0) is 13.9 Å². The number of alkyl carbamates (subject to hydrolysis) is 2. The molecule has 2 aromatic rings. The van der Waals surface area contributed by atoms with E-state index in [2.05, 4.69) is 55.7 Å². The molecule has 0 radical (unpaired) electrons. The van der Waals surface area contributed by atoms with Crippen molar-refractivity contribution in [2.45, 2.75) is 91.0 Å². The fourth-order valence-corrected chi connectivity index (χ4v) is 9.45. The summed E-state index contributed by atoms with van der Waals surface area (Å²) < 4.78 is 18.0. The topological polar surface area (TPSA) is 106 Å². The minimum absolute atomic E-state index is 0.232.